The van der Waals surface area contributed by atoms with Gasteiger partial charge in [-0.25, -0.2) is 8.78 Å². The Hall–Kier alpha value is -2.81. The Kier molecular flexibility index (Phi) is 7.37. The van der Waals surface area contributed by atoms with E-state index in [1.807, 2.05) is 0 Å². The van der Waals surface area contributed by atoms with Crippen molar-refractivity contribution in [2.24, 2.45) is 5.92 Å². The molecule has 0 aliphatic heterocycles. The Morgan fingerprint density at radius 3 is 2.23 bits per heavy atom. The second kappa shape index (κ2) is 10.00. The summed E-state index contributed by atoms with van der Waals surface area (Å²) in [6, 6.07) is 8.43. The molecule has 0 N–H and O–H groups in total. The molecule has 31 heavy (non-hydrogen) atoms. The summed E-state index contributed by atoms with van der Waals surface area (Å²) in [5.41, 5.74) is -0.237. The summed E-state index contributed by atoms with van der Waals surface area (Å²) >= 11 is 0. The van der Waals surface area contributed by atoms with E-state index >= 15 is 0 Å². The number of ether oxygens (including phenoxy) is 1. The van der Waals surface area contributed by atoms with Crippen molar-refractivity contribution in [3.63, 3.8) is 0 Å². The Bertz CT molecular complexity index is 931. The van der Waals surface area contributed by atoms with Crippen LogP contribution >= 0.6 is 0 Å². The highest BCUT2D eigenvalue weighted by molar-refractivity contribution is 5.38. The molecule has 0 spiro atoms. The van der Waals surface area contributed by atoms with E-state index in [0.29, 0.717) is 24.0 Å². The van der Waals surface area contributed by atoms with Crippen LogP contribution in [0.4, 0.5) is 17.6 Å². The molecule has 1 saturated carbocycles. The fraction of sp³-hybridized carbons (Fsp3) is 0.400. The highest BCUT2D eigenvalue weighted by atomic mass is 19.3. The van der Waals surface area contributed by atoms with Crippen LogP contribution in [0.1, 0.15) is 68.1 Å². The summed E-state index contributed by atoms with van der Waals surface area (Å²) in [6.07, 6.45) is 7.20. The lowest BCUT2D eigenvalue weighted by molar-refractivity contribution is -0.185. The van der Waals surface area contributed by atoms with Gasteiger partial charge < -0.3 is 4.74 Å². The Balaban J connectivity index is 1.65. The predicted octanol–water partition coefficient (Wildman–Crippen LogP) is 7.59. The minimum Gasteiger partial charge on any atom is -0.429 e. The van der Waals surface area contributed by atoms with Gasteiger partial charge in [-0.1, -0.05) is 37.6 Å². The number of hydrogen-bond acceptors (Lipinski definition) is 2. The van der Waals surface area contributed by atoms with Crippen molar-refractivity contribution in [3.05, 3.63) is 76.9 Å². The van der Waals surface area contributed by atoms with Gasteiger partial charge in [-0.3, -0.25) is 0 Å². The highest BCUT2D eigenvalue weighted by Gasteiger charge is 2.35. The first-order valence-electron chi connectivity index (χ1n) is 10.6. The van der Waals surface area contributed by atoms with Gasteiger partial charge in [-0.15, -0.1) is 0 Å². The molecule has 0 radical (unpaired) electrons. The molecule has 164 valence electrons. The Morgan fingerprint density at radius 1 is 1.06 bits per heavy atom. The Morgan fingerprint density at radius 2 is 1.68 bits per heavy atom. The minimum atomic E-state index is -3.77. The van der Waals surface area contributed by atoms with E-state index in [0.717, 1.165) is 44.1 Å². The molecule has 0 amide bonds. The van der Waals surface area contributed by atoms with Crippen LogP contribution in [0.15, 0.2) is 48.6 Å². The number of unbranched alkanes of at least 4 members (excludes halogenated alkanes) is 1. The lowest BCUT2D eigenvalue weighted by Crippen LogP contribution is -2.22. The maximum absolute atomic E-state index is 14.5. The SMILES string of the molecule is CCCC=C[C@H]1CC[C@H](c2ccc(C(F)(F)Oc3cc(F)c(C#N)c(F)c3)cc2)CC1. The second-order valence-electron chi connectivity index (χ2n) is 7.94. The van der Waals surface area contributed by atoms with Gasteiger partial charge in [0.15, 0.2) is 0 Å². The van der Waals surface area contributed by atoms with Crippen LogP contribution in [-0.2, 0) is 6.11 Å². The first-order chi connectivity index (χ1) is 14.8. The van der Waals surface area contributed by atoms with Gasteiger partial charge in [-0.2, -0.15) is 14.0 Å². The third kappa shape index (κ3) is 5.66. The van der Waals surface area contributed by atoms with Gasteiger partial charge in [0.1, 0.15) is 29.0 Å². The van der Waals surface area contributed by atoms with Gasteiger partial charge in [0, 0.05) is 12.1 Å². The highest BCUT2D eigenvalue weighted by Crippen LogP contribution is 2.38. The molecule has 0 heterocycles. The quantitative estimate of drug-likeness (QED) is 0.334. The summed E-state index contributed by atoms with van der Waals surface area (Å²) in [6.45, 7) is 2.15. The molecule has 0 saturated heterocycles. The van der Waals surface area contributed by atoms with Crippen LogP contribution in [0.3, 0.4) is 0 Å². The number of hydrogen-bond donors (Lipinski definition) is 0. The fourth-order valence-corrected chi connectivity index (χ4v) is 3.97. The first kappa shape index (κ1) is 22.9. The molecular weight excluding hydrogens is 406 g/mol. The van der Waals surface area contributed by atoms with Crippen LogP contribution in [0.25, 0.3) is 0 Å². The molecule has 0 aromatic heterocycles. The summed E-state index contributed by atoms with van der Waals surface area (Å²) in [7, 11) is 0. The molecule has 1 aliphatic rings. The van der Waals surface area contributed by atoms with Crippen LogP contribution < -0.4 is 4.74 Å². The average molecular weight is 431 g/mol. The summed E-state index contributed by atoms with van der Waals surface area (Å²) in [5, 5.41) is 8.67. The van der Waals surface area contributed by atoms with E-state index in [9.17, 15) is 17.6 Å². The topological polar surface area (TPSA) is 33.0 Å². The number of nitriles is 1. The summed E-state index contributed by atoms with van der Waals surface area (Å²) in [4.78, 5) is 0. The molecule has 3 rings (SSSR count). The van der Waals surface area contributed by atoms with Gasteiger partial charge in [-0.05, 0) is 61.6 Å². The molecule has 1 fully saturated rings. The molecule has 6 heteroatoms. The third-order valence-corrected chi connectivity index (χ3v) is 5.73. The predicted molar refractivity (Wildman–Crippen MR) is 111 cm³/mol. The van der Waals surface area contributed by atoms with E-state index in [1.54, 1.807) is 12.1 Å². The van der Waals surface area contributed by atoms with Crippen molar-refractivity contribution in [2.75, 3.05) is 0 Å². The van der Waals surface area contributed by atoms with Crippen molar-refractivity contribution >= 4 is 0 Å². The maximum Gasteiger partial charge on any atom is 0.426 e. The van der Waals surface area contributed by atoms with Crippen LogP contribution in [0, 0.1) is 28.9 Å². The van der Waals surface area contributed by atoms with Gasteiger partial charge >= 0.3 is 6.11 Å². The number of alkyl halides is 2. The van der Waals surface area contributed by atoms with E-state index < -0.39 is 34.6 Å². The van der Waals surface area contributed by atoms with Crippen LogP contribution in [-0.4, -0.2) is 0 Å². The average Bonchev–Trinajstić information content (AvgIpc) is 2.74. The van der Waals surface area contributed by atoms with Crippen molar-refractivity contribution in [3.8, 4) is 11.8 Å². The van der Waals surface area contributed by atoms with Crippen molar-refractivity contribution in [1.82, 2.24) is 0 Å². The van der Waals surface area contributed by atoms with Crippen molar-refractivity contribution in [1.29, 1.82) is 5.26 Å². The van der Waals surface area contributed by atoms with E-state index in [2.05, 4.69) is 23.8 Å². The zero-order valence-electron chi connectivity index (χ0n) is 17.4. The number of benzene rings is 2. The summed E-state index contributed by atoms with van der Waals surface area (Å²) < 4.78 is 60.9. The first-order valence-corrected chi connectivity index (χ1v) is 10.6. The van der Waals surface area contributed by atoms with Gasteiger partial charge in [0.25, 0.3) is 0 Å². The molecule has 2 aromatic carbocycles. The molecular formula is C25H25F4NO. The molecule has 0 unspecified atom stereocenters. The minimum absolute atomic E-state index is 0.334. The molecule has 2 nitrogen and oxygen atoms in total. The second-order valence-corrected chi connectivity index (χ2v) is 7.94. The van der Waals surface area contributed by atoms with Gasteiger partial charge in [0.2, 0.25) is 0 Å². The smallest absolute Gasteiger partial charge is 0.426 e. The number of halogens is 4. The molecule has 0 atom stereocenters. The normalized spacial score (nSPS) is 19.4. The summed E-state index contributed by atoms with van der Waals surface area (Å²) in [5.74, 6) is -2.25. The zero-order valence-corrected chi connectivity index (χ0v) is 17.4. The van der Waals surface area contributed by atoms with E-state index in [-0.39, 0.29) is 0 Å². The lowest BCUT2D eigenvalue weighted by Gasteiger charge is -2.27. The molecule has 1 aliphatic carbocycles. The lowest BCUT2D eigenvalue weighted by atomic mass is 9.78. The number of allylic oxidation sites excluding steroid dienone is 2. The van der Waals surface area contributed by atoms with Crippen molar-refractivity contribution in [2.45, 2.75) is 57.5 Å². The monoisotopic (exact) mass is 431 g/mol. The van der Waals surface area contributed by atoms with Crippen LogP contribution in [0.2, 0.25) is 0 Å². The van der Waals surface area contributed by atoms with E-state index in [1.165, 1.54) is 18.2 Å². The fourth-order valence-electron chi connectivity index (χ4n) is 3.97. The number of nitrogens with zero attached hydrogens (tertiary/aromatic N) is 1. The maximum atomic E-state index is 14.5. The number of rotatable bonds is 7. The third-order valence-electron chi connectivity index (χ3n) is 5.73. The molecule has 2 aromatic rings. The van der Waals surface area contributed by atoms with E-state index in [4.69, 9.17) is 5.26 Å². The Labute approximate surface area is 180 Å². The zero-order chi connectivity index (χ0) is 22.4. The molecule has 0 bridgehead atoms. The van der Waals surface area contributed by atoms with Crippen LogP contribution in [0.5, 0.6) is 5.75 Å². The standard InChI is InChI=1S/C25H25F4NO/c1-2-3-4-5-17-6-8-18(9-7-17)19-10-12-20(13-11-19)25(28,29)31-21-14-23(26)22(16-30)24(27)15-21/h4-5,10-15,17-18H,2-3,6-9H2,1H3/t17-,18-. The van der Waals surface area contributed by atoms with Gasteiger partial charge in [0.05, 0.1) is 5.56 Å². The van der Waals surface area contributed by atoms with Crippen molar-refractivity contribution < 1.29 is 22.3 Å². The largest absolute Gasteiger partial charge is 0.429 e.